The Kier molecular flexibility index (Phi) is 13.4. The second-order valence-electron chi connectivity index (χ2n) is 9.08. The van der Waals surface area contributed by atoms with E-state index in [0.717, 1.165) is 12.1 Å². The molecule has 6 heteroatoms. The summed E-state index contributed by atoms with van der Waals surface area (Å²) in [4.78, 5) is 23.5. The minimum atomic E-state index is -0.508. The Morgan fingerprint density at radius 1 is 0.806 bits per heavy atom. The molecule has 0 spiro atoms. The zero-order chi connectivity index (χ0) is 23.0. The molecule has 3 N–H and O–H groups in total. The molecule has 0 bridgehead atoms. The Morgan fingerprint density at radius 2 is 1.39 bits per heavy atom. The van der Waals surface area contributed by atoms with Crippen molar-refractivity contribution in [3.63, 3.8) is 0 Å². The van der Waals surface area contributed by atoms with Crippen molar-refractivity contribution in [3.05, 3.63) is 29.8 Å². The number of benzene rings is 1. The van der Waals surface area contributed by atoms with Crippen LogP contribution in [0.2, 0.25) is 0 Å². The van der Waals surface area contributed by atoms with Crippen LogP contribution in [0.4, 0.5) is 15.3 Å². The average Bonchev–Trinajstić information content (AvgIpc) is 2.69. The van der Waals surface area contributed by atoms with Crippen LogP contribution >= 0.6 is 0 Å². The highest BCUT2D eigenvalue weighted by atomic mass is 16.6. The third kappa shape index (κ3) is 15.2. The summed E-state index contributed by atoms with van der Waals surface area (Å²) >= 11 is 0. The third-order valence-electron chi connectivity index (χ3n) is 4.84. The van der Waals surface area contributed by atoms with Gasteiger partial charge in [-0.25, -0.2) is 9.59 Å². The third-order valence-corrected chi connectivity index (χ3v) is 4.84. The highest BCUT2D eigenvalue weighted by Crippen LogP contribution is 2.14. The number of ether oxygens (including phenoxy) is 1. The van der Waals surface area contributed by atoms with E-state index in [1.807, 2.05) is 32.9 Å². The number of alkyl carbamates (subject to hydrolysis) is 1. The fraction of sp³-hybridized carbons (Fsp3) is 0.680. The standard InChI is InChI=1S/C25H43N3O3/c1-5-6-7-8-9-10-11-12-14-21-15-17-22(18-16-21)28-23(29)26-19-13-20-27-24(30)31-25(2,3)4/h15-18H,5-14,19-20H2,1-4H3,(H,27,30)(H2,26,28,29). The molecule has 0 saturated carbocycles. The smallest absolute Gasteiger partial charge is 0.407 e. The molecular formula is C25H43N3O3. The lowest BCUT2D eigenvalue weighted by Crippen LogP contribution is -2.35. The van der Waals surface area contributed by atoms with Gasteiger partial charge in [-0.3, -0.25) is 0 Å². The van der Waals surface area contributed by atoms with Crippen molar-refractivity contribution in [1.29, 1.82) is 0 Å². The molecule has 1 rings (SSSR count). The van der Waals surface area contributed by atoms with Gasteiger partial charge in [-0.15, -0.1) is 0 Å². The molecule has 0 unspecified atom stereocenters. The number of hydrogen-bond acceptors (Lipinski definition) is 3. The average molecular weight is 434 g/mol. The molecule has 0 fully saturated rings. The first-order valence-corrected chi connectivity index (χ1v) is 11.9. The number of carbonyl (C=O) groups excluding carboxylic acids is 2. The number of aryl methyl sites for hydroxylation is 1. The predicted molar refractivity (Wildman–Crippen MR) is 129 cm³/mol. The van der Waals surface area contributed by atoms with E-state index >= 15 is 0 Å². The Morgan fingerprint density at radius 3 is 2.00 bits per heavy atom. The first-order chi connectivity index (χ1) is 14.8. The van der Waals surface area contributed by atoms with Crippen LogP contribution < -0.4 is 16.0 Å². The molecule has 1 aromatic carbocycles. The summed E-state index contributed by atoms with van der Waals surface area (Å²) in [5.74, 6) is 0. The number of amides is 3. The van der Waals surface area contributed by atoms with Crippen LogP contribution in [0.3, 0.4) is 0 Å². The van der Waals surface area contributed by atoms with Crippen LogP contribution in [0.1, 0.15) is 91.0 Å². The van der Waals surface area contributed by atoms with Crippen molar-refractivity contribution in [2.24, 2.45) is 0 Å². The lowest BCUT2D eigenvalue weighted by molar-refractivity contribution is 0.0527. The van der Waals surface area contributed by atoms with Crippen molar-refractivity contribution in [1.82, 2.24) is 10.6 Å². The molecule has 0 aromatic heterocycles. The van der Waals surface area contributed by atoms with Gasteiger partial charge in [0.2, 0.25) is 0 Å². The van der Waals surface area contributed by atoms with Gasteiger partial charge in [-0.2, -0.15) is 0 Å². The Labute approximate surface area is 188 Å². The van der Waals surface area contributed by atoms with Crippen LogP contribution in [0, 0.1) is 0 Å². The normalized spacial score (nSPS) is 11.1. The van der Waals surface area contributed by atoms with E-state index < -0.39 is 11.7 Å². The van der Waals surface area contributed by atoms with E-state index in [1.165, 1.54) is 56.9 Å². The van der Waals surface area contributed by atoms with Crippen LogP contribution in [0.25, 0.3) is 0 Å². The SMILES string of the molecule is CCCCCCCCCCc1ccc(NC(=O)NCCCNC(=O)OC(C)(C)C)cc1. The molecule has 0 saturated heterocycles. The van der Waals surface area contributed by atoms with E-state index in [2.05, 4.69) is 35.0 Å². The van der Waals surface area contributed by atoms with Crippen LogP contribution in [-0.2, 0) is 11.2 Å². The molecular weight excluding hydrogens is 390 g/mol. The van der Waals surface area contributed by atoms with Gasteiger partial charge in [0.25, 0.3) is 0 Å². The maximum Gasteiger partial charge on any atom is 0.407 e. The molecule has 6 nitrogen and oxygen atoms in total. The topological polar surface area (TPSA) is 79.5 Å². The van der Waals surface area contributed by atoms with E-state index in [9.17, 15) is 9.59 Å². The fourth-order valence-corrected chi connectivity index (χ4v) is 3.19. The van der Waals surface area contributed by atoms with Crippen molar-refractivity contribution < 1.29 is 14.3 Å². The van der Waals surface area contributed by atoms with Crippen molar-refractivity contribution in [2.45, 2.75) is 97.5 Å². The van der Waals surface area contributed by atoms with Crippen molar-refractivity contribution >= 4 is 17.8 Å². The minimum absolute atomic E-state index is 0.243. The lowest BCUT2D eigenvalue weighted by Gasteiger charge is -2.19. The first kappa shape index (κ1) is 26.8. The number of unbranched alkanes of at least 4 members (excludes halogenated alkanes) is 7. The summed E-state index contributed by atoms with van der Waals surface area (Å²) in [6.45, 7) is 8.63. The summed E-state index contributed by atoms with van der Waals surface area (Å²) in [6.07, 6.45) is 11.9. The molecule has 0 radical (unpaired) electrons. The maximum atomic E-state index is 12.0. The minimum Gasteiger partial charge on any atom is -0.444 e. The zero-order valence-corrected chi connectivity index (χ0v) is 20.0. The van der Waals surface area contributed by atoms with Gasteiger partial charge in [0, 0.05) is 18.8 Å². The Balaban J connectivity index is 2.10. The monoisotopic (exact) mass is 433 g/mol. The van der Waals surface area contributed by atoms with Gasteiger partial charge < -0.3 is 20.7 Å². The summed E-state index contributed by atoms with van der Waals surface area (Å²) < 4.78 is 5.16. The molecule has 0 aliphatic rings. The molecule has 3 amide bonds. The fourth-order valence-electron chi connectivity index (χ4n) is 3.19. The number of nitrogens with one attached hydrogen (secondary N) is 3. The van der Waals surface area contributed by atoms with Crippen LogP contribution in [0.15, 0.2) is 24.3 Å². The number of rotatable bonds is 14. The second kappa shape index (κ2) is 15.5. The lowest BCUT2D eigenvalue weighted by atomic mass is 10.0. The Bertz CT molecular complexity index is 624. The summed E-state index contributed by atoms with van der Waals surface area (Å²) in [5.41, 5.74) is 1.58. The summed E-state index contributed by atoms with van der Waals surface area (Å²) in [6, 6.07) is 7.82. The van der Waals surface area contributed by atoms with Gasteiger partial charge >= 0.3 is 12.1 Å². The number of carbonyl (C=O) groups is 2. The van der Waals surface area contributed by atoms with E-state index in [-0.39, 0.29) is 6.03 Å². The molecule has 0 heterocycles. The number of urea groups is 1. The van der Waals surface area contributed by atoms with Crippen LogP contribution in [0.5, 0.6) is 0 Å². The first-order valence-electron chi connectivity index (χ1n) is 11.9. The molecule has 0 aliphatic carbocycles. The summed E-state index contributed by atoms with van der Waals surface area (Å²) in [5, 5.41) is 8.30. The van der Waals surface area contributed by atoms with Crippen molar-refractivity contribution in [3.8, 4) is 0 Å². The second-order valence-corrected chi connectivity index (χ2v) is 9.08. The zero-order valence-electron chi connectivity index (χ0n) is 20.0. The highest BCUT2D eigenvalue weighted by molar-refractivity contribution is 5.89. The van der Waals surface area contributed by atoms with Gasteiger partial charge in [0.15, 0.2) is 0 Å². The van der Waals surface area contributed by atoms with Crippen LogP contribution in [-0.4, -0.2) is 30.8 Å². The summed E-state index contributed by atoms with van der Waals surface area (Å²) in [7, 11) is 0. The number of anilines is 1. The van der Waals surface area contributed by atoms with Crippen molar-refractivity contribution in [2.75, 3.05) is 18.4 Å². The van der Waals surface area contributed by atoms with E-state index in [4.69, 9.17) is 4.74 Å². The molecule has 31 heavy (non-hydrogen) atoms. The maximum absolute atomic E-state index is 12.0. The number of hydrogen-bond donors (Lipinski definition) is 3. The Hall–Kier alpha value is -2.24. The molecule has 1 aromatic rings. The van der Waals surface area contributed by atoms with E-state index in [1.54, 1.807) is 0 Å². The molecule has 176 valence electrons. The highest BCUT2D eigenvalue weighted by Gasteiger charge is 2.15. The predicted octanol–water partition coefficient (Wildman–Crippen LogP) is 6.41. The van der Waals surface area contributed by atoms with Gasteiger partial charge in [0.1, 0.15) is 5.60 Å². The largest absolute Gasteiger partial charge is 0.444 e. The van der Waals surface area contributed by atoms with Gasteiger partial charge in [-0.05, 0) is 57.7 Å². The quantitative estimate of drug-likeness (QED) is 0.297. The van der Waals surface area contributed by atoms with Gasteiger partial charge in [-0.1, -0.05) is 64.0 Å². The van der Waals surface area contributed by atoms with E-state index in [0.29, 0.717) is 19.5 Å². The molecule has 0 aliphatic heterocycles. The molecule has 0 atom stereocenters. The van der Waals surface area contributed by atoms with Gasteiger partial charge in [0.05, 0.1) is 0 Å².